The average Bonchev–Trinajstić information content (AvgIpc) is 2.42. The number of anilines is 1. The molecule has 20 heavy (non-hydrogen) atoms. The molecule has 6 heteroatoms. The number of rotatable bonds is 6. The maximum atomic E-state index is 11.8. The van der Waals surface area contributed by atoms with E-state index in [-0.39, 0.29) is 12.5 Å². The highest BCUT2D eigenvalue weighted by Gasteiger charge is 2.10. The van der Waals surface area contributed by atoms with Crippen LogP contribution in [0, 0.1) is 0 Å². The maximum Gasteiger partial charge on any atom is 0.338 e. The summed E-state index contributed by atoms with van der Waals surface area (Å²) in [7, 11) is 4.87. The lowest BCUT2D eigenvalue weighted by atomic mass is 10.2. The van der Waals surface area contributed by atoms with Gasteiger partial charge in [0.1, 0.15) is 5.75 Å². The van der Waals surface area contributed by atoms with Gasteiger partial charge in [-0.25, -0.2) is 4.79 Å². The largest absolute Gasteiger partial charge is 0.497 e. The molecular weight excluding hydrogens is 260 g/mol. The van der Waals surface area contributed by atoms with Crippen molar-refractivity contribution in [1.29, 1.82) is 0 Å². The van der Waals surface area contributed by atoms with Gasteiger partial charge in [0.25, 0.3) is 0 Å². The Morgan fingerprint density at radius 2 is 1.95 bits per heavy atom. The minimum Gasteiger partial charge on any atom is -0.497 e. The zero-order valence-electron chi connectivity index (χ0n) is 12.0. The molecule has 0 aliphatic heterocycles. The summed E-state index contributed by atoms with van der Waals surface area (Å²) >= 11 is 0. The molecule has 1 aromatic rings. The lowest BCUT2D eigenvalue weighted by molar-refractivity contribution is -0.128. The van der Waals surface area contributed by atoms with E-state index in [0.717, 1.165) is 0 Å². The molecular formula is C14H20N2O4. The zero-order chi connectivity index (χ0) is 15.1. The second-order valence-corrected chi connectivity index (χ2v) is 4.52. The van der Waals surface area contributed by atoms with Crippen molar-refractivity contribution in [2.75, 3.05) is 33.5 Å². The first-order valence-electron chi connectivity index (χ1n) is 6.26. The fourth-order valence-electron chi connectivity index (χ4n) is 1.55. The van der Waals surface area contributed by atoms with Crippen molar-refractivity contribution in [3.05, 3.63) is 23.8 Å². The monoisotopic (exact) mass is 280 g/mol. The summed E-state index contributed by atoms with van der Waals surface area (Å²) in [6, 6.07) is 4.70. The van der Waals surface area contributed by atoms with E-state index >= 15 is 0 Å². The molecule has 0 atom stereocenters. The number of nitrogen functional groups attached to an aromatic ring is 1. The molecule has 0 saturated carbocycles. The van der Waals surface area contributed by atoms with Gasteiger partial charge in [0, 0.05) is 32.3 Å². The van der Waals surface area contributed by atoms with Crippen LogP contribution in [-0.4, -0.2) is 44.6 Å². The molecule has 110 valence electrons. The third-order valence-corrected chi connectivity index (χ3v) is 2.67. The standard InChI is InChI=1S/C14H20N2O4/c1-16(2)13(17)5-4-6-20-14(18)10-7-11(15)9-12(8-10)19-3/h7-9H,4-6,15H2,1-3H3. The molecule has 0 saturated heterocycles. The third-order valence-electron chi connectivity index (χ3n) is 2.67. The summed E-state index contributed by atoms with van der Waals surface area (Å²) in [6.07, 6.45) is 0.836. The number of carbonyl (C=O) groups excluding carboxylic acids is 2. The average molecular weight is 280 g/mol. The second kappa shape index (κ2) is 7.37. The van der Waals surface area contributed by atoms with Crippen LogP contribution < -0.4 is 10.5 Å². The van der Waals surface area contributed by atoms with Crippen LogP contribution in [0.15, 0.2) is 18.2 Å². The normalized spacial score (nSPS) is 9.95. The SMILES string of the molecule is COc1cc(N)cc(C(=O)OCCCC(=O)N(C)C)c1. The topological polar surface area (TPSA) is 81.9 Å². The molecule has 2 N–H and O–H groups in total. The summed E-state index contributed by atoms with van der Waals surface area (Å²) in [4.78, 5) is 24.7. The highest BCUT2D eigenvalue weighted by Crippen LogP contribution is 2.19. The molecule has 0 fully saturated rings. The van der Waals surface area contributed by atoms with Gasteiger partial charge >= 0.3 is 5.97 Å². The van der Waals surface area contributed by atoms with Crippen molar-refractivity contribution in [2.45, 2.75) is 12.8 Å². The van der Waals surface area contributed by atoms with E-state index in [9.17, 15) is 9.59 Å². The molecule has 6 nitrogen and oxygen atoms in total. The molecule has 0 spiro atoms. The van der Waals surface area contributed by atoms with Crippen LogP contribution in [0.2, 0.25) is 0 Å². The van der Waals surface area contributed by atoms with E-state index in [2.05, 4.69) is 0 Å². The molecule has 1 rings (SSSR count). The molecule has 1 aromatic carbocycles. The van der Waals surface area contributed by atoms with E-state index in [1.54, 1.807) is 26.2 Å². The van der Waals surface area contributed by atoms with Crippen molar-refractivity contribution < 1.29 is 19.1 Å². The fraction of sp³-hybridized carbons (Fsp3) is 0.429. The third kappa shape index (κ3) is 4.79. The number of benzene rings is 1. The fourth-order valence-corrected chi connectivity index (χ4v) is 1.55. The molecule has 0 heterocycles. The van der Waals surface area contributed by atoms with Gasteiger partial charge in [0.05, 0.1) is 19.3 Å². The highest BCUT2D eigenvalue weighted by atomic mass is 16.5. The second-order valence-electron chi connectivity index (χ2n) is 4.52. The quantitative estimate of drug-likeness (QED) is 0.482. The van der Waals surface area contributed by atoms with Gasteiger partial charge in [0.15, 0.2) is 0 Å². The lowest BCUT2D eigenvalue weighted by Gasteiger charge is -2.10. The predicted molar refractivity (Wildman–Crippen MR) is 75.6 cm³/mol. The van der Waals surface area contributed by atoms with E-state index in [1.165, 1.54) is 18.1 Å². The smallest absolute Gasteiger partial charge is 0.338 e. The first kappa shape index (κ1) is 15.8. The Bertz CT molecular complexity index is 486. The lowest BCUT2D eigenvalue weighted by Crippen LogP contribution is -2.21. The van der Waals surface area contributed by atoms with Gasteiger partial charge < -0.3 is 20.1 Å². The van der Waals surface area contributed by atoms with Crippen molar-refractivity contribution in [3.63, 3.8) is 0 Å². The van der Waals surface area contributed by atoms with Gasteiger partial charge in [-0.15, -0.1) is 0 Å². The Hall–Kier alpha value is -2.24. The Labute approximate surface area is 118 Å². The zero-order valence-corrected chi connectivity index (χ0v) is 12.0. The number of nitrogens with zero attached hydrogens (tertiary/aromatic N) is 1. The minimum atomic E-state index is -0.479. The molecule has 0 aliphatic rings. The van der Waals surface area contributed by atoms with Crippen molar-refractivity contribution in [1.82, 2.24) is 4.90 Å². The van der Waals surface area contributed by atoms with Crippen LogP contribution in [0.25, 0.3) is 0 Å². The molecule has 0 aromatic heterocycles. The van der Waals surface area contributed by atoms with Crippen molar-refractivity contribution >= 4 is 17.6 Å². The van der Waals surface area contributed by atoms with Crippen molar-refractivity contribution in [2.24, 2.45) is 0 Å². The van der Waals surface area contributed by atoms with E-state index in [1.807, 2.05) is 0 Å². The van der Waals surface area contributed by atoms with Crippen LogP contribution >= 0.6 is 0 Å². The summed E-state index contributed by atoms with van der Waals surface area (Å²) in [6.45, 7) is 0.190. The van der Waals surface area contributed by atoms with Crippen LogP contribution in [0.1, 0.15) is 23.2 Å². The summed E-state index contributed by atoms with van der Waals surface area (Å²) in [5, 5.41) is 0. The number of nitrogens with two attached hydrogens (primary N) is 1. The molecule has 0 unspecified atom stereocenters. The first-order chi connectivity index (χ1) is 9.43. The minimum absolute atomic E-state index is 0.00618. The van der Waals surface area contributed by atoms with Gasteiger partial charge in [0.2, 0.25) is 5.91 Å². The summed E-state index contributed by atoms with van der Waals surface area (Å²) < 4.78 is 10.1. The number of esters is 1. The van der Waals surface area contributed by atoms with Crippen LogP contribution in [-0.2, 0) is 9.53 Å². The van der Waals surface area contributed by atoms with Gasteiger partial charge in [-0.05, 0) is 18.6 Å². The summed E-state index contributed by atoms with van der Waals surface area (Å²) in [5.74, 6) is 0.0271. The number of amides is 1. The van der Waals surface area contributed by atoms with E-state index < -0.39 is 5.97 Å². The van der Waals surface area contributed by atoms with Crippen molar-refractivity contribution in [3.8, 4) is 5.75 Å². The van der Waals surface area contributed by atoms with Crippen LogP contribution in [0.4, 0.5) is 5.69 Å². The molecule has 0 radical (unpaired) electrons. The van der Waals surface area contributed by atoms with Gasteiger partial charge in [-0.2, -0.15) is 0 Å². The highest BCUT2D eigenvalue weighted by molar-refractivity contribution is 5.91. The molecule has 0 bridgehead atoms. The van der Waals surface area contributed by atoms with Gasteiger partial charge in [-0.1, -0.05) is 0 Å². The predicted octanol–water partition coefficient (Wildman–Crippen LogP) is 1.30. The number of hydrogen-bond acceptors (Lipinski definition) is 5. The Morgan fingerprint density at radius 3 is 2.55 bits per heavy atom. The molecule has 0 aliphatic carbocycles. The Morgan fingerprint density at radius 1 is 1.25 bits per heavy atom. The maximum absolute atomic E-state index is 11.8. The van der Waals surface area contributed by atoms with Crippen LogP contribution in [0.3, 0.4) is 0 Å². The van der Waals surface area contributed by atoms with Crippen LogP contribution in [0.5, 0.6) is 5.75 Å². The first-order valence-corrected chi connectivity index (χ1v) is 6.26. The Balaban J connectivity index is 2.47. The number of hydrogen-bond donors (Lipinski definition) is 1. The van der Waals surface area contributed by atoms with E-state index in [0.29, 0.717) is 29.8 Å². The van der Waals surface area contributed by atoms with E-state index in [4.69, 9.17) is 15.2 Å². The number of ether oxygens (including phenoxy) is 2. The van der Waals surface area contributed by atoms with Gasteiger partial charge in [-0.3, -0.25) is 4.79 Å². The number of methoxy groups -OCH3 is 1. The Kier molecular flexibility index (Phi) is 5.83. The number of carbonyl (C=O) groups is 2. The summed E-state index contributed by atoms with van der Waals surface area (Å²) in [5.41, 5.74) is 6.43. The molecule has 1 amide bonds.